The molecule has 4 N–H and O–H groups in total. The van der Waals surface area contributed by atoms with Crippen molar-refractivity contribution in [1.29, 1.82) is 0 Å². The molecule has 0 bridgehead atoms. The molecular weight excluding hydrogens is 405 g/mol. The molecule has 0 fully saturated rings. The quantitative estimate of drug-likeness (QED) is 0.629. The van der Waals surface area contributed by atoms with E-state index in [1.54, 1.807) is 0 Å². The second kappa shape index (κ2) is 9.36. The molecule has 0 saturated carbocycles. The zero-order chi connectivity index (χ0) is 20.2. The third-order valence-corrected chi connectivity index (χ3v) is 6.02. The van der Waals surface area contributed by atoms with Crippen LogP contribution in [0.25, 0.3) is 0 Å². The predicted octanol–water partition coefficient (Wildman–Crippen LogP) is 3.15. The van der Waals surface area contributed by atoms with E-state index in [-0.39, 0.29) is 41.4 Å². The molecule has 9 heteroatoms. The molecule has 0 aliphatic carbocycles. The largest absolute Gasteiger partial charge is 0.345 e. The van der Waals surface area contributed by atoms with Crippen molar-refractivity contribution >= 4 is 34.0 Å². The van der Waals surface area contributed by atoms with Crippen molar-refractivity contribution < 1.29 is 17.6 Å². The van der Waals surface area contributed by atoms with Gasteiger partial charge in [0, 0.05) is 12.1 Å². The van der Waals surface area contributed by atoms with Gasteiger partial charge in [0.05, 0.1) is 16.1 Å². The van der Waals surface area contributed by atoms with Crippen LogP contribution in [0.5, 0.6) is 0 Å². The van der Waals surface area contributed by atoms with Crippen molar-refractivity contribution in [3.63, 3.8) is 0 Å². The van der Waals surface area contributed by atoms with Crippen LogP contribution in [0.3, 0.4) is 0 Å². The minimum Gasteiger partial charge on any atom is -0.345 e. The summed E-state index contributed by atoms with van der Waals surface area (Å²) < 4.78 is 40.7. The van der Waals surface area contributed by atoms with Gasteiger partial charge >= 0.3 is 0 Å². The molecule has 2 aromatic rings. The summed E-state index contributed by atoms with van der Waals surface area (Å²) in [6.07, 6.45) is 0. The summed E-state index contributed by atoms with van der Waals surface area (Å²) in [6.45, 7) is 6.04. The lowest BCUT2D eigenvalue weighted by atomic mass is 9.88. The number of benzene rings is 2. The van der Waals surface area contributed by atoms with Gasteiger partial charge in [0.2, 0.25) is 0 Å². The minimum absolute atomic E-state index is 0. The molecule has 0 heterocycles. The summed E-state index contributed by atoms with van der Waals surface area (Å²) in [4.78, 5) is 12.4. The second-order valence-corrected chi connectivity index (χ2v) is 8.52. The standard InChI is InChI=1S/C19H24FN3O3S.ClH/c1-13(2)19(3,12-21)22-18(24)14-8-10-15(11-9-14)27(25,26)23-17-7-5-4-6-16(17)20;/h4-11,13,23H,12,21H2,1-3H3,(H,22,24);1H. The van der Waals surface area contributed by atoms with Crippen LogP contribution in [0.1, 0.15) is 31.1 Å². The first kappa shape index (κ1) is 23.9. The Kier molecular flexibility index (Phi) is 7.98. The number of carbonyl (C=O) groups is 1. The highest BCUT2D eigenvalue weighted by atomic mass is 35.5. The molecule has 28 heavy (non-hydrogen) atoms. The number of para-hydroxylation sites is 1. The Morgan fingerprint density at radius 1 is 1.14 bits per heavy atom. The first-order valence-electron chi connectivity index (χ1n) is 8.49. The van der Waals surface area contributed by atoms with Crippen molar-refractivity contribution in [3.05, 3.63) is 59.9 Å². The molecular formula is C19H25ClFN3O3S. The van der Waals surface area contributed by atoms with Gasteiger partial charge in [-0.15, -0.1) is 12.4 Å². The lowest BCUT2D eigenvalue weighted by Gasteiger charge is -2.33. The Hall–Kier alpha value is -2.16. The fraction of sp³-hybridized carbons (Fsp3) is 0.316. The molecule has 1 unspecified atom stereocenters. The molecule has 0 aliphatic rings. The molecule has 154 valence electrons. The summed E-state index contributed by atoms with van der Waals surface area (Å²) in [5.41, 5.74) is 5.36. The first-order chi connectivity index (χ1) is 12.6. The summed E-state index contributed by atoms with van der Waals surface area (Å²) in [7, 11) is -3.97. The Morgan fingerprint density at radius 2 is 1.71 bits per heavy atom. The topological polar surface area (TPSA) is 101 Å². The normalized spacial score (nSPS) is 13.4. The second-order valence-electron chi connectivity index (χ2n) is 6.84. The van der Waals surface area contributed by atoms with E-state index in [0.717, 1.165) is 6.07 Å². The molecule has 0 aliphatic heterocycles. The maximum Gasteiger partial charge on any atom is 0.261 e. The van der Waals surface area contributed by atoms with Crippen LogP contribution in [0.15, 0.2) is 53.4 Å². The van der Waals surface area contributed by atoms with Crippen molar-refractivity contribution in [2.24, 2.45) is 11.7 Å². The Bertz CT molecular complexity index is 920. The average molecular weight is 430 g/mol. The molecule has 2 rings (SSSR count). The average Bonchev–Trinajstić information content (AvgIpc) is 2.63. The van der Waals surface area contributed by atoms with Gasteiger partial charge in [-0.2, -0.15) is 0 Å². The van der Waals surface area contributed by atoms with E-state index in [2.05, 4.69) is 10.0 Å². The number of amides is 1. The van der Waals surface area contributed by atoms with Gasteiger partial charge in [0.15, 0.2) is 0 Å². The van der Waals surface area contributed by atoms with E-state index in [4.69, 9.17) is 5.73 Å². The summed E-state index contributed by atoms with van der Waals surface area (Å²) >= 11 is 0. The van der Waals surface area contributed by atoms with Gasteiger partial charge in [-0.3, -0.25) is 9.52 Å². The number of rotatable bonds is 7. The van der Waals surface area contributed by atoms with Crippen LogP contribution in [0.4, 0.5) is 10.1 Å². The molecule has 0 radical (unpaired) electrons. The molecule has 0 saturated heterocycles. The molecule has 1 amide bonds. The fourth-order valence-corrected chi connectivity index (χ4v) is 3.36. The smallest absolute Gasteiger partial charge is 0.261 e. The molecule has 0 spiro atoms. The van der Waals surface area contributed by atoms with Crippen molar-refractivity contribution in [3.8, 4) is 0 Å². The number of sulfonamides is 1. The van der Waals surface area contributed by atoms with Crippen molar-refractivity contribution in [2.75, 3.05) is 11.3 Å². The fourth-order valence-electron chi connectivity index (χ4n) is 2.30. The lowest BCUT2D eigenvalue weighted by molar-refractivity contribution is 0.0883. The van der Waals surface area contributed by atoms with Gasteiger partial charge in [0.25, 0.3) is 15.9 Å². The van der Waals surface area contributed by atoms with Gasteiger partial charge in [-0.1, -0.05) is 26.0 Å². The summed E-state index contributed by atoms with van der Waals surface area (Å²) in [5.74, 6) is -0.898. The van der Waals surface area contributed by atoms with E-state index in [1.807, 2.05) is 20.8 Å². The molecule has 1 atom stereocenters. The summed E-state index contributed by atoms with van der Waals surface area (Å²) in [6, 6.07) is 10.9. The van der Waals surface area contributed by atoms with Crippen LogP contribution >= 0.6 is 12.4 Å². The number of nitrogens with one attached hydrogen (secondary N) is 2. The monoisotopic (exact) mass is 429 g/mol. The number of nitrogens with two attached hydrogens (primary N) is 1. The van der Waals surface area contributed by atoms with E-state index in [1.165, 1.54) is 42.5 Å². The van der Waals surface area contributed by atoms with Crippen LogP contribution in [-0.2, 0) is 10.0 Å². The zero-order valence-corrected chi connectivity index (χ0v) is 17.5. The van der Waals surface area contributed by atoms with E-state index in [0.29, 0.717) is 5.56 Å². The van der Waals surface area contributed by atoms with Gasteiger partial charge in [0.1, 0.15) is 5.82 Å². The van der Waals surface area contributed by atoms with Crippen LogP contribution in [-0.4, -0.2) is 26.4 Å². The highest BCUT2D eigenvalue weighted by Gasteiger charge is 2.29. The maximum atomic E-state index is 13.7. The third kappa shape index (κ3) is 5.43. The number of carbonyl (C=O) groups excluding carboxylic acids is 1. The van der Waals surface area contributed by atoms with Crippen molar-refractivity contribution in [2.45, 2.75) is 31.2 Å². The lowest BCUT2D eigenvalue weighted by Crippen LogP contribution is -2.55. The maximum absolute atomic E-state index is 13.7. The van der Waals surface area contributed by atoms with Crippen molar-refractivity contribution in [1.82, 2.24) is 5.32 Å². The first-order valence-corrected chi connectivity index (χ1v) is 9.97. The molecule has 2 aromatic carbocycles. The van der Waals surface area contributed by atoms with Crippen LogP contribution < -0.4 is 15.8 Å². The van der Waals surface area contributed by atoms with Gasteiger partial charge < -0.3 is 11.1 Å². The van der Waals surface area contributed by atoms with Gasteiger partial charge in [-0.05, 0) is 49.2 Å². The molecule has 6 nitrogen and oxygen atoms in total. The van der Waals surface area contributed by atoms with E-state index >= 15 is 0 Å². The molecule has 0 aromatic heterocycles. The third-order valence-electron chi connectivity index (χ3n) is 4.64. The number of hydrogen-bond donors (Lipinski definition) is 3. The van der Waals surface area contributed by atoms with Crippen LogP contribution in [0.2, 0.25) is 0 Å². The Morgan fingerprint density at radius 3 is 2.21 bits per heavy atom. The van der Waals surface area contributed by atoms with E-state index in [9.17, 15) is 17.6 Å². The predicted molar refractivity (Wildman–Crippen MR) is 111 cm³/mol. The highest BCUT2D eigenvalue weighted by molar-refractivity contribution is 7.92. The van der Waals surface area contributed by atoms with E-state index < -0.39 is 21.4 Å². The number of halogens is 2. The Labute approximate surface area is 171 Å². The number of hydrogen-bond acceptors (Lipinski definition) is 4. The van der Waals surface area contributed by atoms with Gasteiger partial charge in [-0.25, -0.2) is 12.8 Å². The number of anilines is 1. The van der Waals surface area contributed by atoms with Crippen LogP contribution in [0, 0.1) is 11.7 Å². The SMILES string of the molecule is CC(C)C(C)(CN)NC(=O)c1ccc(S(=O)(=O)Nc2ccccc2F)cc1.Cl. The summed E-state index contributed by atoms with van der Waals surface area (Å²) in [5, 5.41) is 2.89. The Balaban J connectivity index is 0.00000392. The highest BCUT2D eigenvalue weighted by Crippen LogP contribution is 2.20. The minimum atomic E-state index is -3.97. The zero-order valence-electron chi connectivity index (χ0n) is 15.9.